The van der Waals surface area contributed by atoms with Gasteiger partial charge in [0.05, 0.1) is 0 Å². The minimum atomic E-state index is -1.13. The van der Waals surface area contributed by atoms with Crippen LogP contribution in [0.4, 0.5) is 4.79 Å². The molecule has 2 aromatic carbocycles. The first-order chi connectivity index (χ1) is 15.5. The predicted molar refractivity (Wildman–Crippen MR) is 118 cm³/mol. The Hall–Kier alpha value is -3.81. The molecule has 0 aliphatic carbocycles. The van der Waals surface area contributed by atoms with Gasteiger partial charge in [-0.25, -0.2) is 9.59 Å². The lowest BCUT2D eigenvalue weighted by Gasteiger charge is -2.25. The maximum absolute atomic E-state index is 12.9. The van der Waals surface area contributed by atoms with Crippen LogP contribution in [0, 0.1) is 0 Å². The minimum absolute atomic E-state index is 0.114. The Labute approximate surface area is 185 Å². The number of benzene rings is 2. The molecule has 2 heterocycles. The molecule has 1 aromatic heterocycles. The number of aromatic nitrogens is 1. The van der Waals surface area contributed by atoms with Gasteiger partial charge in [0.25, 0.3) is 0 Å². The van der Waals surface area contributed by atoms with Crippen molar-refractivity contribution < 1.29 is 24.2 Å². The number of amides is 2. The van der Waals surface area contributed by atoms with Gasteiger partial charge in [0.2, 0.25) is 5.91 Å². The van der Waals surface area contributed by atoms with Gasteiger partial charge in [0.15, 0.2) is 0 Å². The number of likely N-dealkylation sites (tertiary alicyclic amines) is 1. The molecule has 166 valence electrons. The highest BCUT2D eigenvalue weighted by molar-refractivity contribution is 5.90. The number of H-pyrrole nitrogens is 1. The molecule has 8 nitrogen and oxygen atoms in total. The molecule has 2 atom stereocenters. The number of hydrogen-bond donors (Lipinski definition) is 3. The quantitative estimate of drug-likeness (QED) is 0.528. The first-order valence-electron chi connectivity index (χ1n) is 10.6. The summed E-state index contributed by atoms with van der Waals surface area (Å²) in [4.78, 5) is 41.8. The second-order valence-electron chi connectivity index (χ2n) is 7.85. The molecule has 32 heavy (non-hydrogen) atoms. The summed E-state index contributed by atoms with van der Waals surface area (Å²) in [6.45, 7) is 0.509. The fraction of sp³-hybridized carbons (Fsp3) is 0.292. The molecule has 3 aromatic rings. The largest absolute Gasteiger partial charge is 0.480 e. The van der Waals surface area contributed by atoms with Gasteiger partial charge in [-0.05, 0) is 30.0 Å². The first-order valence-corrected chi connectivity index (χ1v) is 10.6. The Morgan fingerprint density at radius 2 is 1.88 bits per heavy atom. The van der Waals surface area contributed by atoms with Crippen LogP contribution in [0.1, 0.15) is 24.0 Å². The van der Waals surface area contributed by atoms with E-state index in [0.29, 0.717) is 19.4 Å². The van der Waals surface area contributed by atoms with Crippen molar-refractivity contribution in [1.29, 1.82) is 0 Å². The zero-order valence-electron chi connectivity index (χ0n) is 17.5. The lowest BCUT2D eigenvalue weighted by Crippen LogP contribution is -2.51. The van der Waals surface area contributed by atoms with E-state index in [1.807, 2.05) is 54.6 Å². The molecule has 0 saturated carbocycles. The van der Waals surface area contributed by atoms with Crippen molar-refractivity contribution in [3.8, 4) is 0 Å². The van der Waals surface area contributed by atoms with Gasteiger partial charge in [0.1, 0.15) is 18.7 Å². The number of carbonyl (C=O) groups excluding carboxylic acids is 2. The Morgan fingerprint density at radius 3 is 2.66 bits per heavy atom. The maximum Gasteiger partial charge on any atom is 0.410 e. The number of para-hydroxylation sites is 1. The lowest BCUT2D eigenvalue weighted by molar-refractivity contribution is -0.142. The Morgan fingerprint density at radius 1 is 1.12 bits per heavy atom. The van der Waals surface area contributed by atoms with Crippen molar-refractivity contribution in [2.24, 2.45) is 0 Å². The smallest absolute Gasteiger partial charge is 0.410 e. The third-order valence-electron chi connectivity index (χ3n) is 5.71. The van der Waals surface area contributed by atoms with Crippen LogP contribution in [0.15, 0.2) is 60.8 Å². The van der Waals surface area contributed by atoms with Crippen LogP contribution in [-0.4, -0.2) is 51.6 Å². The van der Waals surface area contributed by atoms with Crippen molar-refractivity contribution in [3.05, 3.63) is 71.9 Å². The average Bonchev–Trinajstić information content (AvgIpc) is 3.45. The number of aliphatic carboxylic acids is 1. The number of carbonyl (C=O) groups is 3. The number of carboxylic acid groups (broad SMARTS) is 1. The highest BCUT2D eigenvalue weighted by atomic mass is 16.6. The highest BCUT2D eigenvalue weighted by Crippen LogP contribution is 2.21. The van der Waals surface area contributed by atoms with Crippen LogP contribution in [0.5, 0.6) is 0 Å². The van der Waals surface area contributed by atoms with Crippen LogP contribution in [0.2, 0.25) is 0 Å². The summed E-state index contributed by atoms with van der Waals surface area (Å²) < 4.78 is 5.36. The number of fused-ring (bicyclic) bond motifs is 1. The molecule has 0 radical (unpaired) electrons. The van der Waals surface area contributed by atoms with Crippen molar-refractivity contribution in [2.75, 3.05) is 6.54 Å². The van der Waals surface area contributed by atoms with E-state index in [-0.39, 0.29) is 13.0 Å². The van der Waals surface area contributed by atoms with E-state index >= 15 is 0 Å². The summed E-state index contributed by atoms with van der Waals surface area (Å²) >= 11 is 0. The van der Waals surface area contributed by atoms with E-state index in [9.17, 15) is 19.5 Å². The molecule has 2 amide bonds. The second kappa shape index (κ2) is 9.55. The van der Waals surface area contributed by atoms with Crippen LogP contribution >= 0.6 is 0 Å². The van der Waals surface area contributed by atoms with Gasteiger partial charge in [0, 0.05) is 30.1 Å². The van der Waals surface area contributed by atoms with Crippen LogP contribution in [0.3, 0.4) is 0 Å². The summed E-state index contributed by atoms with van der Waals surface area (Å²) in [5, 5.41) is 13.2. The molecule has 0 bridgehead atoms. The van der Waals surface area contributed by atoms with Crippen LogP contribution in [-0.2, 0) is 27.4 Å². The number of hydrogen-bond acceptors (Lipinski definition) is 4. The molecule has 0 spiro atoms. The van der Waals surface area contributed by atoms with Gasteiger partial charge < -0.3 is 20.1 Å². The van der Waals surface area contributed by atoms with Crippen molar-refractivity contribution in [1.82, 2.24) is 15.2 Å². The lowest BCUT2D eigenvalue weighted by atomic mass is 10.0. The molecule has 1 aliphatic rings. The van der Waals surface area contributed by atoms with Crippen LogP contribution < -0.4 is 5.32 Å². The fourth-order valence-corrected chi connectivity index (χ4v) is 4.05. The number of nitrogens with one attached hydrogen (secondary N) is 2. The summed E-state index contributed by atoms with van der Waals surface area (Å²) in [6, 6.07) is 15.0. The Kier molecular flexibility index (Phi) is 6.39. The molecule has 8 heteroatoms. The molecule has 1 aliphatic heterocycles. The molecule has 0 unspecified atom stereocenters. The zero-order chi connectivity index (χ0) is 22.5. The number of nitrogens with zero attached hydrogens (tertiary/aromatic N) is 1. The van der Waals surface area contributed by atoms with E-state index in [1.54, 1.807) is 6.20 Å². The van der Waals surface area contributed by atoms with E-state index in [0.717, 1.165) is 22.0 Å². The van der Waals surface area contributed by atoms with Gasteiger partial charge >= 0.3 is 12.1 Å². The van der Waals surface area contributed by atoms with E-state index < -0.39 is 30.1 Å². The normalized spacial score (nSPS) is 16.6. The molecular weight excluding hydrogens is 410 g/mol. The minimum Gasteiger partial charge on any atom is -0.480 e. The van der Waals surface area contributed by atoms with Gasteiger partial charge in [-0.3, -0.25) is 9.69 Å². The Balaban J connectivity index is 1.40. The molecule has 1 fully saturated rings. The maximum atomic E-state index is 12.9. The predicted octanol–water partition coefficient (Wildman–Crippen LogP) is 3.08. The van der Waals surface area contributed by atoms with E-state index in [2.05, 4.69) is 10.3 Å². The third kappa shape index (κ3) is 4.74. The Bertz CT molecular complexity index is 1110. The molecular formula is C24H25N3O5. The standard InChI is InChI=1S/C24H25N3O5/c28-22(21-11-6-12-27(21)24(31)32-15-16-7-2-1-3-8-16)26-20(23(29)30)13-17-14-25-19-10-5-4-9-18(17)19/h1-5,7-10,14,20-21,25H,6,11-13,15H2,(H,26,28)(H,29,30)/t20-,21-/m0/s1. The summed E-state index contributed by atoms with van der Waals surface area (Å²) in [5.74, 6) is -1.61. The number of aromatic amines is 1. The van der Waals surface area contributed by atoms with Crippen LogP contribution in [0.25, 0.3) is 10.9 Å². The second-order valence-corrected chi connectivity index (χ2v) is 7.85. The highest BCUT2D eigenvalue weighted by Gasteiger charge is 2.37. The number of ether oxygens (including phenoxy) is 1. The topological polar surface area (TPSA) is 112 Å². The SMILES string of the molecule is O=C(O)[C@H](Cc1c[nH]c2ccccc12)NC(=O)[C@@H]1CCCN1C(=O)OCc1ccccc1. The fourth-order valence-electron chi connectivity index (χ4n) is 4.05. The number of carboxylic acids is 1. The monoisotopic (exact) mass is 435 g/mol. The third-order valence-corrected chi connectivity index (χ3v) is 5.71. The molecule has 4 rings (SSSR count). The van der Waals surface area contributed by atoms with Crippen molar-refractivity contribution in [3.63, 3.8) is 0 Å². The van der Waals surface area contributed by atoms with Gasteiger partial charge in [-0.1, -0.05) is 48.5 Å². The average molecular weight is 435 g/mol. The summed E-state index contributed by atoms with van der Waals surface area (Å²) in [7, 11) is 0. The van der Waals surface area contributed by atoms with Gasteiger partial charge in [-0.2, -0.15) is 0 Å². The molecule has 3 N–H and O–H groups in total. The van der Waals surface area contributed by atoms with Crippen molar-refractivity contribution >= 4 is 28.9 Å². The number of rotatable bonds is 7. The molecule has 1 saturated heterocycles. The summed E-state index contributed by atoms with van der Waals surface area (Å²) in [5.41, 5.74) is 2.56. The summed E-state index contributed by atoms with van der Waals surface area (Å²) in [6.07, 6.45) is 2.44. The van der Waals surface area contributed by atoms with Crippen molar-refractivity contribution in [2.45, 2.75) is 38.0 Å². The zero-order valence-corrected chi connectivity index (χ0v) is 17.5. The van der Waals surface area contributed by atoms with E-state index in [1.165, 1.54) is 4.90 Å². The first kappa shape index (κ1) is 21.4. The van der Waals surface area contributed by atoms with E-state index in [4.69, 9.17) is 4.74 Å². The van der Waals surface area contributed by atoms with Gasteiger partial charge in [-0.15, -0.1) is 0 Å².